The van der Waals surface area contributed by atoms with E-state index in [1.165, 1.54) is 6.07 Å². The molecule has 0 atom stereocenters. The molecule has 0 saturated heterocycles. The van der Waals surface area contributed by atoms with Gasteiger partial charge in [0, 0.05) is 19.2 Å². The molecule has 3 rings (SSSR count). The first-order valence-corrected chi connectivity index (χ1v) is 7.84. The Morgan fingerprint density at radius 2 is 1.96 bits per heavy atom. The van der Waals surface area contributed by atoms with Crippen molar-refractivity contribution in [2.24, 2.45) is 0 Å². The van der Waals surface area contributed by atoms with Crippen molar-refractivity contribution in [3.05, 3.63) is 47.3 Å². The fraction of sp³-hybridized carbons (Fsp3) is 0.353. The third-order valence-corrected chi connectivity index (χ3v) is 3.88. The lowest BCUT2D eigenvalue weighted by Gasteiger charge is -2.07. The van der Waals surface area contributed by atoms with Crippen LogP contribution in [0.2, 0.25) is 0 Å². The van der Waals surface area contributed by atoms with Crippen LogP contribution in [0.5, 0.6) is 5.75 Å². The van der Waals surface area contributed by atoms with Gasteiger partial charge in [-0.3, -0.25) is 14.3 Å². The molecule has 24 heavy (non-hydrogen) atoms. The Bertz CT molecular complexity index is 748. The van der Waals surface area contributed by atoms with Gasteiger partial charge in [-0.1, -0.05) is 12.1 Å². The van der Waals surface area contributed by atoms with E-state index in [0.717, 1.165) is 24.2 Å². The van der Waals surface area contributed by atoms with Crippen molar-refractivity contribution in [3.8, 4) is 5.75 Å². The maximum absolute atomic E-state index is 12.2. The fourth-order valence-corrected chi connectivity index (χ4v) is 2.35. The van der Waals surface area contributed by atoms with Crippen LogP contribution in [-0.2, 0) is 6.54 Å². The number of rotatable bonds is 6. The highest BCUT2D eigenvalue weighted by Crippen LogP contribution is 2.19. The van der Waals surface area contributed by atoms with E-state index in [-0.39, 0.29) is 23.6 Å². The summed E-state index contributed by atoms with van der Waals surface area (Å²) in [6.07, 6.45) is 2.00. The predicted octanol–water partition coefficient (Wildman–Crippen LogP) is 1.19. The molecule has 0 aliphatic heterocycles. The van der Waals surface area contributed by atoms with Gasteiger partial charge < -0.3 is 15.4 Å². The van der Waals surface area contributed by atoms with E-state index < -0.39 is 0 Å². The third kappa shape index (κ3) is 3.56. The lowest BCUT2D eigenvalue weighted by atomic mass is 10.2. The first-order chi connectivity index (χ1) is 11.6. The molecule has 1 aromatic heterocycles. The average Bonchev–Trinajstić information content (AvgIpc) is 3.32. The molecule has 2 amide bonds. The van der Waals surface area contributed by atoms with E-state index in [0.29, 0.717) is 12.2 Å². The summed E-state index contributed by atoms with van der Waals surface area (Å²) in [5.74, 6) is 0.243. The van der Waals surface area contributed by atoms with Crippen LogP contribution >= 0.6 is 0 Å². The van der Waals surface area contributed by atoms with Gasteiger partial charge in [-0.2, -0.15) is 5.10 Å². The average molecular weight is 328 g/mol. The summed E-state index contributed by atoms with van der Waals surface area (Å²) in [6.45, 7) is 0.392. The Morgan fingerprint density at radius 1 is 1.25 bits per heavy atom. The van der Waals surface area contributed by atoms with Crippen LogP contribution < -0.4 is 15.4 Å². The van der Waals surface area contributed by atoms with E-state index >= 15 is 0 Å². The second kappa shape index (κ2) is 6.74. The summed E-state index contributed by atoms with van der Waals surface area (Å²) in [7, 11) is 3.16. The van der Waals surface area contributed by atoms with Gasteiger partial charge in [0.05, 0.1) is 13.7 Å². The Kier molecular flexibility index (Phi) is 4.50. The summed E-state index contributed by atoms with van der Waals surface area (Å²) in [5, 5.41) is 9.77. The highest BCUT2D eigenvalue weighted by molar-refractivity contribution is 5.98. The number of nitrogens with zero attached hydrogens (tertiary/aromatic N) is 2. The summed E-state index contributed by atoms with van der Waals surface area (Å²) >= 11 is 0. The monoisotopic (exact) mass is 328 g/mol. The van der Waals surface area contributed by atoms with Crippen molar-refractivity contribution in [2.45, 2.75) is 25.4 Å². The summed E-state index contributed by atoms with van der Waals surface area (Å²) in [4.78, 5) is 24.2. The molecule has 2 N–H and O–H groups in total. The minimum absolute atomic E-state index is 0.240. The number of methoxy groups -OCH3 is 1. The van der Waals surface area contributed by atoms with Gasteiger partial charge in [0.2, 0.25) is 0 Å². The number of ether oxygens (including phenoxy) is 1. The Hall–Kier alpha value is -2.83. The second-order valence-electron chi connectivity index (χ2n) is 5.75. The van der Waals surface area contributed by atoms with E-state index in [9.17, 15) is 9.59 Å². The molecule has 2 aromatic rings. The molecule has 126 valence electrons. The van der Waals surface area contributed by atoms with Crippen molar-refractivity contribution in [2.75, 3.05) is 14.2 Å². The van der Waals surface area contributed by atoms with Gasteiger partial charge in [-0.05, 0) is 30.5 Å². The number of aromatic nitrogens is 2. The molecule has 1 aromatic carbocycles. The van der Waals surface area contributed by atoms with Crippen molar-refractivity contribution in [3.63, 3.8) is 0 Å². The quantitative estimate of drug-likeness (QED) is 0.834. The molecule has 7 heteroatoms. The van der Waals surface area contributed by atoms with E-state index in [2.05, 4.69) is 15.7 Å². The Balaban J connectivity index is 1.84. The van der Waals surface area contributed by atoms with Crippen molar-refractivity contribution in [1.29, 1.82) is 0 Å². The van der Waals surface area contributed by atoms with Crippen LogP contribution in [0.25, 0.3) is 0 Å². The predicted molar refractivity (Wildman–Crippen MR) is 88.2 cm³/mol. The minimum Gasteiger partial charge on any atom is -0.497 e. The highest BCUT2D eigenvalue weighted by atomic mass is 16.5. The van der Waals surface area contributed by atoms with Crippen LogP contribution in [0.3, 0.4) is 0 Å². The molecular weight excluding hydrogens is 308 g/mol. The number of nitrogens with one attached hydrogen (secondary N) is 2. The van der Waals surface area contributed by atoms with Gasteiger partial charge >= 0.3 is 0 Å². The Labute approximate surface area is 140 Å². The first kappa shape index (κ1) is 16.0. The molecule has 0 radical (unpaired) electrons. The number of benzene rings is 1. The molecule has 0 spiro atoms. The lowest BCUT2D eigenvalue weighted by molar-refractivity contribution is 0.0940. The zero-order valence-electron chi connectivity index (χ0n) is 13.7. The summed E-state index contributed by atoms with van der Waals surface area (Å²) in [6, 6.07) is 9.27. The number of carbonyl (C=O) groups is 2. The topological polar surface area (TPSA) is 85.3 Å². The Morgan fingerprint density at radius 3 is 2.54 bits per heavy atom. The molecule has 7 nitrogen and oxygen atoms in total. The molecule has 1 aliphatic rings. The maximum Gasteiger partial charge on any atom is 0.272 e. The number of carbonyl (C=O) groups excluding carboxylic acids is 2. The molecule has 1 heterocycles. The standard InChI is InChI=1S/C17H20N4O3/c1-18-17(23)15-9-14(16(22)19-12-5-6-12)20-21(15)10-11-3-7-13(24-2)8-4-11/h3-4,7-9,12H,5-6,10H2,1-2H3,(H,18,23)(H,19,22). The maximum atomic E-state index is 12.2. The SMILES string of the molecule is CNC(=O)c1cc(C(=O)NC2CC2)nn1Cc1ccc(OC)cc1. The van der Waals surface area contributed by atoms with Crippen LogP contribution in [0.1, 0.15) is 39.4 Å². The van der Waals surface area contributed by atoms with E-state index in [1.54, 1.807) is 18.8 Å². The molecule has 0 unspecified atom stereocenters. The number of amides is 2. The van der Waals surface area contributed by atoms with E-state index in [4.69, 9.17) is 4.74 Å². The van der Waals surface area contributed by atoms with Crippen molar-refractivity contribution in [1.82, 2.24) is 20.4 Å². The summed E-state index contributed by atoms with van der Waals surface area (Å²) < 4.78 is 6.68. The normalized spacial score (nSPS) is 13.4. The number of hydrogen-bond donors (Lipinski definition) is 2. The van der Waals surface area contributed by atoms with Crippen LogP contribution in [0.4, 0.5) is 0 Å². The lowest BCUT2D eigenvalue weighted by Crippen LogP contribution is -2.25. The van der Waals surface area contributed by atoms with Crippen LogP contribution in [0, 0.1) is 0 Å². The largest absolute Gasteiger partial charge is 0.497 e. The van der Waals surface area contributed by atoms with Crippen molar-refractivity contribution < 1.29 is 14.3 Å². The zero-order valence-corrected chi connectivity index (χ0v) is 13.7. The molecule has 0 bridgehead atoms. The highest BCUT2D eigenvalue weighted by Gasteiger charge is 2.26. The minimum atomic E-state index is -0.276. The van der Waals surface area contributed by atoms with E-state index in [1.807, 2.05) is 24.3 Å². The number of hydrogen-bond acceptors (Lipinski definition) is 4. The fourth-order valence-electron chi connectivity index (χ4n) is 2.35. The molecular formula is C17H20N4O3. The molecule has 1 saturated carbocycles. The van der Waals surface area contributed by atoms with Gasteiger partial charge in [0.1, 0.15) is 11.4 Å². The van der Waals surface area contributed by atoms with Gasteiger partial charge in [0.15, 0.2) is 5.69 Å². The smallest absolute Gasteiger partial charge is 0.272 e. The van der Waals surface area contributed by atoms with Crippen molar-refractivity contribution >= 4 is 11.8 Å². The van der Waals surface area contributed by atoms with Crippen LogP contribution in [-0.4, -0.2) is 41.8 Å². The molecule has 1 aliphatic carbocycles. The zero-order chi connectivity index (χ0) is 17.1. The van der Waals surface area contributed by atoms with Gasteiger partial charge in [0.25, 0.3) is 11.8 Å². The van der Waals surface area contributed by atoms with Crippen LogP contribution in [0.15, 0.2) is 30.3 Å². The van der Waals surface area contributed by atoms with Gasteiger partial charge in [-0.25, -0.2) is 0 Å². The van der Waals surface area contributed by atoms with Gasteiger partial charge in [-0.15, -0.1) is 0 Å². The third-order valence-electron chi connectivity index (χ3n) is 3.88. The summed E-state index contributed by atoms with van der Waals surface area (Å²) in [5.41, 5.74) is 1.57. The molecule has 1 fully saturated rings. The second-order valence-corrected chi connectivity index (χ2v) is 5.75. The first-order valence-electron chi connectivity index (χ1n) is 7.84.